The Morgan fingerprint density at radius 2 is 0.443 bits per heavy atom. The summed E-state index contributed by atoms with van der Waals surface area (Å²) in [4.78, 5) is 15.1. The number of morpholine rings is 1. The number of likely N-dealkylation sites (tertiary alicyclic amines) is 1. The fraction of sp³-hybridized carbons (Fsp3) is 1.00. The molecule has 4 aliphatic heterocycles. The first-order valence-corrected chi connectivity index (χ1v) is 24.4. The molecule has 0 N–H and O–H groups in total. The van der Waals surface area contributed by atoms with Crippen molar-refractivity contribution in [1.82, 2.24) is 29.4 Å². The van der Waals surface area contributed by atoms with E-state index in [1.54, 1.807) is 0 Å². The highest BCUT2D eigenvalue weighted by Crippen LogP contribution is 2.22. The molecule has 374 valence electrons. The molecule has 4 saturated heterocycles. The SMILES string of the molecule is C.CC(C)(C)C.CC(C)(C)C.CC(C)(C)C.CC(C)(C)N1CCCCC1.CC(C)(C)N1CCN(C(C)(C)C)CC1.CC(C)(C)N1CCOCC1.CN1CCN(C(C)(C)C)CC1. The number of hydrogen-bond donors (Lipinski definition) is 0. The van der Waals surface area contributed by atoms with Gasteiger partial charge >= 0.3 is 0 Å². The zero-order chi connectivity index (χ0) is 48.2. The highest BCUT2D eigenvalue weighted by Gasteiger charge is 2.30. The molecule has 0 aromatic rings. The van der Waals surface area contributed by atoms with Gasteiger partial charge in [-0.1, -0.05) is 96.9 Å². The van der Waals surface area contributed by atoms with E-state index in [1.807, 2.05) is 0 Å². The van der Waals surface area contributed by atoms with Gasteiger partial charge in [-0.2, -0.15) is 0 Å². The van der Waals surface area contributed by atoms with Crippen LogP contribution in [0.15, 0.2) is 0 Å². The summed E-state index contributed by atoms with van der Waals surface area (Å²) in [7, 11) is 2.19. The lowest BCUT2D eigenvalue weighted by atomic mass is 10.0. The van der Waals surface area contributed by atoms with Crippen molar-refractivity contribution in [3.63, 3.8) is 0 Å². The average Bonchev–Trinajstić information content (AvgIpc) is 3.03. The summed E-state index contributed by atoms with van der Waals surface area (Å²) < 4.78 is 5.25. The second-order valence-electron chi connectivity index (χ2n) is 27.8. The van der Waals surface area contributed by atoms with Crippen LogP contribution in [0.2, 0.25) is 0 Å². The van der Waals surface area contributed by atoms with E-state index in [9.17, 15) is 0 Å². The molecule has 0 aromatic heterocycles. The summed E-state index contributed by atoms with van der Waals surface area (Å²) in [5, 5.41) is 0. The number of piperidine rings is 1. The number of likely N-dealkylation sites (N-methyl/N-ethyl adjacent to an activating group) is 1. The van der Waals surface area contributed by atoms with Gasteiger partial charge in [-0.05, 0) is 153 Å². The molecule has 7 nitrogen and oxygen atoms in total. The molecule has 0 aromatic carbocycles. The zero-order valence-corrected chi connectivity index (χ0v) is 47.1. The molecule has 0 spiro atoms. The van der Waals surface area contributed by atoms with E-state index in [-0.39, 0.29) is 7.43 Å². The van der Waals surface area contributed by atoms with Crippen LogP contribution in [0.5, 0.6) is 0 Å². The molecule has 61 heavy (non-hydrogen) atoms. The quantitative estimate of drug-likeness (QED) is 0.239. The zero-order valence-electron chi connectivity index (χ0n) is 47.1. The lowest BCUT2D eigenvalue weighted by Crippen LogP contribution is -2.57. The molecular formula is C54H122N6O. The van der Waals surface area contributed by atoms with E-state index in [2.05, 4.69) is 223 Å². The van der Waals surface area contributed by atoms with Gasteiger partial charge in [0.1, 0.15) is 0 Å². The van der Waals surface area contributed by atoms with Crippen molar-refractivity contribution in [2.45, 2.75) is 241 Å². The van der Waals surface area contributed by atoms with Crippen LogP contribution in [0, 0.1) is 16.2 Å². The highest BCUT2D eigenvalue weighted by atomic mass is 16.5. The van der Waals surface area contributed by atoms with Gasteiger partial charge in [-0.15, -0.1) is 0 Å². The number of hydrogen-bond acceptors (Lipinski definition) is 7. The first-order valence-electron chi connectivity index (χ1n) is 24.4. The number of rotatable bonds is 0. The third kappa shape index (κ3) is 46.1. The summed E-state index contributed by atoms with van der Waals surface area (Å²) in [5.41, 5.74) is 3.26. The van der Waals surface area contributed by atoms with Gasteiger partial charge in [-0.3, -0.25) is 24.5 Å². The Kier molecular flexibility index (Phi) is 32.4. The van der Waals surface area contributed by atoms with Gasteiger partial charge in [-0.25, -0.2) is 0 Å². The van der Waals surface area contributed by atoms with Gasteiger partial charge in [0, 0.05) is 93.1 Å². The van der Waals surface area contributed by atoms with Crippen LogP contribution < -0.4 is 0 Å². The van der Waals surface area contributed by atoms with E-state index in [0.29, 0.717) is 43.9 Å². The molecule has 4 aliphatic rings. The Morgan fingerprint density at radius 1 is 0.262 bits per heavy atom. The Morgan fingerprint density at radius 3 is 0.623 bits per heavy atom. The molecule has 0 saturated carbocycles. The van der Waals surface area contributed by atoms with Gasteiger partial charge in [0.05, 0.1) is 13.2 Å². The lowest BCUT2D eigenvalue weighted by molar-refractivity contribution is -0.00389. The number of nitrogens with zero attached hydrogens (tertiary/aromatic N) is 6. The predicted molar refractivity (Wildman–Crippen MR) is 281 cm³/mol. The maximum absolute atomic E-state index is 5.25. The Balaban J connectivity index is -0.000000320. The second kappa shape index (κ2) is 29.4. The third-order valence-electron chi connectivity index (χ3n) is 9.89. The van der Waals surface area contributed by atoms with Crippen LogP contribution in [0.3, 0.4) is 0 Å². The van der Waals surface area contributed by atoms with Crippen molar-refractivity contribution in [3.05, 3.63) is 0 Å². The van der Waals surface area contributed by atoms with E-state index in [0.717, 1.165) is 26.3 Å². The summed E-state index contributed by atoms with van der Waals surface area (Å²) in [5.74, 6) is 0. The predicted octanol–water partition coefficient (Wildman–Crippen LogP) is 13.4. The van der Waals surface area contributed by atoms with Crippen LogP contribution in [0.4, 0.5) is 0 Å². The molecule has 0 unspecified atom stereocenters. The summed E-state index contributed by atoms with van der Waals surface area (Å²) >= 11 is 0. The molecule has 7 heteroatoms. The maximum atomic E-state index is 5.25. The van der Waals surface area contributed by atoms with Crippen molar-refractivity contribution in [2.75, 3.05) is 98.8 Å². The Labute approximate surface area is 389 Å². The Bertz CT molecular complexity index is 909. The van der Waals surface area contributed by atoms with E-state index in [4.69, 9.17) is 4.74 Å². The topological polar surface area (TPSA) is 28.7 Å². The smallest absolute Gasteiger partial charge is 0.0594 e. The minimum absolute atomic E-state index is 0. The van der Waals surface area contributed by atoms with Crippen LogP contribution >= 0.6 is 0 Å². The summed E-state index contributed by atoms with van der Waals surface area (Å²) in [6.45, 7) is 76.9. The van der Waals surface area contributed by atoms with E-state index in [1.165, 1.54) is 84.7 Å². The summed E-state index contributed by atoms with van der Waals surface area (Å²) in [6.07, 6.45) is 4.24. The Hall–Kier alpha value is -0.280. The van der Waals surface area contributed by atoms with E-state index >= 15 is 0 Å². The van der Waals surface area contributed by atoms with Crippen molar-refractivity contribution < 1.29 is 4.74 Å². The first kappa shape index (κ1) is 67.3. The van der Waals surface area contributed by atoms with Gasteiger partial charge < -0.3 is 9.64 Å². The van der Waals surface area contributed by atoms with Crippen molar-refractivity contribution in [2.24, 2.45) is 16.2 Å². The van der Waals surface area contributed by atoms with Gasteiger partial charge in [0.25, 0.3) is 0 Å². The van der Waals surface area contributed by atoms with Gasteiger partial charge in [0.2, 0.25) is 0 Å². The summed E-state index contributed by atoms with van der Waals surface area (Å²) in [6, 6.07) is 0. The minimum Gasteiger partial charge on any atom is -0.379 e. The molecule has 0 aliphatic carbocycles. The molecule has 0 atom stereocenters. The molecule has 0 amide bonds. The molecule has 4 fully saturated rings. The van der Waals surface area contributed by atoms with Crippen molar-refractivity contribution in [3.8, 4) is 0 Å². The second-order valence-corrected chi connectivity index (χ2v) is 27.8. The standard InChI is InChI=1S/C12H26N2.C9H20N2.C9H19N.C8H17NO.3C5H12.CH4/c1-11(2,3)13-7-9-14(10-8-13)12(4,5)6;1-9(2,3)11-7-5-10(4)6-8-11;1-9(2,3)10-7-5-4-6-8-10;1-8(2,3)9-4-6-10-7-5-9;3*1-5(2,3)4;/h7-10H2,1-6H3;5-8H2,1-4H3;4-8H2,1-3H3;4-7H2,1-3H3;3*1-4H3;1H4. The average molecular weight is 872 g/mol. The van der Waals surface area contributed by atoms with Crippen LogP contribution in [-0.4, -0.2) is 156 Å². The molecule has 0 bridgehead atoms. The van der Waals surface area contributed by atoms with Crippen LogP contribution in [-0.2, 0) is 4.74 Å². The highest BCUT2D eigenvalue weighted by molar-refractivity contribution is 4.87. The van der Waals surface area contributed by atoms with E-state index < -0.39 is 0 Å². The molecule has 4 heterocycles. The number of ether oxygens (including phenoxy) is 1. The lowest BCUT2D eigenvalue weighted by Gasteiger charge is -2.46. The fourth-order valence-electron chi connectivity index (χ4n) is 6.32. The van der Waals surface area contributed by atoms with Gasteiger partial charge in [0.15, 0.2) is 0 Å². The van der Waals surface area contributed by atoms with Crippen LogP contribution in [0.25, 0.3) is 0 Å². The normalized spacial score (nSPS) is 20.1. The first-order chi connectivity index (χ1) is 26.4. The monoisotopic (exact) mass is 871 g/mol. The van der Waals surface area contributed by atoms with Crippen LogP contribution in [0.1, 0.15) is 214 Å². The van der Waals surface area contributed by atoms with Crippen molar-refractivity contribution >= 4 is 0 Å². The maximum Gasteiger partial charge on any atom is 0.0594 e. The van der Waals surface area contributed by atoms with Crippen molar-refractivity contribution in [1.29, 1.82) is 0 Å². The molecular weight excluding hydrogens is 749 g/mol. The largest absolute Gasteiger partial charge is 0.379 e. The molecule has 4 rings (SSSR count). The fourth-order valence-corrected chi connectivity index (χ4v) is 6.32. The molecule has 0 radical (unpaired) electrons. The minimum atomic E-state index is 0. The number of piperazine rings is 2. The third-order valence-corrected chi connectivity index (χ3v) is 9.89.